The first-order valence-corrected chi connectivity index (χ1v) is 10.4. The van der Waals surface area contributed by atoms with Crippen molar-refractivity contribution >= 4 is 23.5 Å². The monoisotopic (exact) mass is 435 g/mol. The van der Waals surface area contributed by atoms with Gasteiger partial charge in [0.15, 0.2) is 18.1 Å². The number of carbonyl (C=O) groups is 2. The molecule has 0 fully saturated rings. The van der Waals surface area contributed by atoms with Crippen LogP contribution in [0.5, 0.6) is 11.5 Å². The Bertz CT molecular complexity index is 1160. The minimum atomic E-state index is -0.303. The van der Waals surface area contributed by atoms with Gasteiger partial charge in [0.25, 0.3) is 5.91 Å². The van der Waals surface area contributed by atoms with Crippen molar-refractivity contribution in [1.29, 1.82) is 0 Å². The lowest BCUT2D eigenvalue weighted by molar-refractivity contribution is -0.118. The van der Waals surface area contributed by atoms with E-state index in [-0.39, 0.29) is 30.9 Å². The van der Waals surface area contributed by atoms with Gasteiger partial charge in [-0.3, -0.25) is 14.9 Å². The van der Waals surface area contributed by atoms with Gasteiger partial charge in [-0.15, -0.1) is 0 Å². The third kappa shape index (κ3) is 4.56. The van der Waals surface area contributed by atoms with Crippen molar-refractivity contribution in [1.82, 2.24) is 14.8 Å². The second kappa shape index (κ2) is 9.09. The highest BCUT2D eigenvalue weighted by atomic mass is 16.5. The molecule has 9 heteroatoms. The molecule has 0 saturated carbocycles. The molecule has 32 heavy (non-hydrogen) atoms. The van der Waals surface area contributed by atoms with E-state index in [0.717, 1.165) is 22.4 Å². The molecule has 0 radical (unpaired) electrons. The Kier molecular flexibility index (Phi) is 6.07. The first kappa shape index (κ1) is 21.4. The van der Waals surface area contributed by atoms with Crippen LogP contribution in [0.4, 0.5) is 11.6 Å². The number of anilines is 2. The van der Waals surface area contributed by atoms with Gasteiger partial charge in [0.05, 0.1) is 19.1 Å². The number of amides is 2. The van der Waals surface area contributed by atoms with Crippen molar-refractivity contribution in [3.8, 4) is 11.5 Å². The second-order valence-corrected chi connectivity index (χ2v) is 7.57. The molecule has 166 valence electrons. The molecule has 0 saturated heterocycles. The molecule has 2 aromatic carbocycles. The molecule has 3 aromatic rings. The van der Waals surface area contributed by atoms with Crippen molar-refractivity contribution in [3.05, 3.63) is 59.4 Å². The van der Waals surface area contributed by atoms with Crippen LogP contribution in [0.1, 0.15) is 36.1 Å². The van der Waals surface area contributed by atoms with Gasteiger partial charge in [-0.2, -0.15) is 10.1 Å². The molecule has 2 N–H and O–H groups in total. The van der Waals surface area contributed by atoms with E-state index < -0.39 is 0 Å². The second-order valence-electron chi connectivity index (χ2n) is 7.57. The quantitative estimate of drug-likeness (QED) is 0.590. The maximum absolute atomic E-state index is 12.4. The smallest absolute Gasteiger partial charge is 0.262 e. The van der Waals surface area contributed by atoms with Crippen LogP contribution in [0.15, 0.2) is 42.7 Å². The van der Waals surface area contributed by atoms with Crippen LogP contribution in [0.25, 0.3) is 0 Å². The number of rotatable bonds is 7. The zero-order chi connectivity index (χ0) is 22.7. The number of aromatic nitrogens is 3. The molecule has 1 atom stereocenters. The molecule has 9 nitrogen and oxygen atoms in total. The minimum Gasteiger partial charge on any atom is -0.490 e. The van der Waals surface area contributed by atoms with Crippen LogP contribution in [0, 0.1) is 13.8 Å². The van der Waals surface area contributed by atoms with Gasteiger partial charge < -0.3 is 14.8 Å². The Morgan fingerprint density at radius 1 is 1.16 bits per heavy atom. The standard InChI is InChI=1S/C23H25N5O4/c1-4-31-20-10-16(18-11-21(29)27-23-24-13-25-28(18)23)6-8-19(20)32-12-22(30)26-17-7-5-14(2)15(3)9-17/h5-10,13,18H,4,11-12H2,1-3H3,(H,26,30)(H,24,25,27,29)/t18-/m1/s1. The lowest BCUT2D eigenvalue weighted by Gasteiger charge is -2.24. The first-order valence-electron chi connectivity index (χ1n) is 10.4. The predicted octanol–water partition coefficient (Wildman–Crippen LogP) is 3.24. The molecule has 0 bridgehead atoms. The van der Waals surface area contributed by atoms with E-state index in [1.807, 2.05) is 51.1 Å². The summed E-state index contributed by atoms with van der Waals surface area (Å²) in [4.78, 5) is 28.5. The molecular formula is C23H25N5O4. The van der Waals surface area contributed by atoms with Crippen molar-refractivity contribution in [3.63, 3.8) is 0 Å². The number of ether oxygens (including phenoxy) is 2. The fourth-order valence-corrected chi connectivity index (χ4v) is 3.54. The maximum atomic E-state index is 12.4. The third-order valence-electron chi connectivity index (χ3n) is 5.30. The molecule has 4 rings (SSSR count). The van der Waals surface area contributed by atoms with Crippen LogP contribution in [0.2, 0.25) is 0 Å². The Morgan fingerprint density at radius 2 is 2.00 bits per heavy atom. The largest absolute Gasteiger partial charge is 0.490 e. The number of carbonyl (C=O) groups excluding carboxylic acids is 2. The fourth-order valence-electron chi connectivity index (χ4n) is 3.54. The fraction of sp³-hybridized carbons (Fsp3) is 0.304. The molecule has 0 unspecified atom stereocenters. The molecular weight excluding hydrogens is 410 g/mol. The van der Waals surface area contributed by atoms with Crippen LogP contribution < -0.4 is 20.1 Å². The summed E-state index contributed by atoms with van der Waals surface area (Å²) in [6.07, 6.45) is 1.64. The molecule has 2 amide bonds. The molecule has 0 spiro atoms. The van der Waals surface area contributed by atoms with Crippen LogP contribution in [0.3, 0.4) is 0 Å². The normalized spacial score (nSPS) is 15.0. The average Bonchev–Trinajstić information content (AvgIpc) is 3.23. The van der Waals surface area contributed by atoms with E-state index in [0.29, 0.717) is 24.1 Å². The lowest BCUT2D eigenvalue weighted by atomic mass is 10.0. The number of fused-ring (bicyclic) bond motifs is 1. The van der Waals surface area contributed by atoms with E-state index in [2.05, 4.69) is 20.7 Å². The van der Waals surface area contributed by atoms with E-state index >= 15 is 0 Å². The van der Waals surface area contributed by atoms with Crippen molar-refractivity contribution in [2.45, 2.75) is 33.2 Å². The highest BCUT2D eigenvalue weighted by molar-refractivity contribution is 5.92. The van der Waals surface area contributed by atoms with E-state index in [1.54, 1.807) is 10.7 Å². The summed E-state index contributed by atoms with van der Waals surface area (Å²) < 4.78 is 13.2. The van der Waals surface area contributed by atoms with Crippen LogP contribution in [-0.2, 0) is 9.59 Å². The first-order chi connectivity index (χ1) is 15.4. The van der Waals surface area contributed by atoms with Gasteiger partial charge >= 0.3 is 0 Å². The SMILES string of the molecule is CCOc1cc([C@H]2CC(=O)Nc3ncnn32)ccc1OCC(=O)Nc1ccc(C)c(C)c1. The number of nitrogens with zero attached hydrogens (tertiary/aromatic N) is 3. The summed E-state index contributed by atoms with van der Waals surface area (Å²) in [6, 6.07) is 10.8. The van der Waals surface area contributed by atoms with Gasteiger partial charge in [0.1, 0.15) is 6.33 Å². The Hall–Kier alpha value is -3.88. The topological polar surface area (TPSA) is 107 Å². The summed E-state index contributed by atoms with van der Waals surface area (Å²) in [6.45, 7) is 6.15. The summed E-state index contributed by atoms with van der Waals surface area (Å²) in [5, 5.41) is 9.76. The Balaban J connectivity index is 1.48. The van der Waals surface area contributed by atoms with Crippen LogP contribution in [-0.4, -0.2) is 39.8 Å². The lowest BCUT2D eigenvalue weighted by Crippen LogP contribution is -2.29. The van der Waals surface area contributed by atoms with E-state index in [1.165, 1.54) is 6.33 Å². The zero-order valence-corrected chi connectivity index (χ0v) is 18.2. The molecule has 1 aliphatic heterocycles. The average molecular weight is 435 g/mol. The van der Waals surface area contributed by atoms with Gasteiger partial charge in [0.2, 0.25) is 11.9 Å². The minimum absolute atomic E-state index is 0.128. The number of nitrogens with one attached hydrogen (secondary N) is 2. The van der Waals surface area contributed by atoms with Gasteiger partial charge in [-0.1, -0.05) is 12.1 Å². The number of hydrogen-bond donors (Lipinski definition) is 2. The highest BCUT2D eigenvalue weighted by Crippen LogP contribution is 2.35. The summed E-state index contributed by atoms with van der Waals surface area (Å²) >= 11 is 0. The van der Waals surface area contributed by atoms with Crippen molar-refractivity contribution in [2.75, 3.05) is 23.8 Å². The summed E-state index contributed by atoms with van der Waals surface area (Å²) in [5.41, 5.74) is 3.82. The molecule has 1 aromatic heterocycles. The van der Waals surface area contributed by atoms with E-state index in [4.69, 9.17) is 9.47 Å². The van der Waals surface area contributed by atoms with Crippen LogP contribution >= 0.6 is 0 Å². The van der Waals surface area contributed by atoms with Gasteiger partial charge in [0, 0.05) is 5.69 Å². The Morgan fingerprint density at radius 3 is 2.78 bits per heavy atom. The van der Waals surface area contributed by atoms with Gasteiger partial charge in [-0.25, -0.2) is 4.68 Å². The molecule has 1 aliphatic rings. The predicted molar refractivity (Wildman–Crippen MR) is 119 cm³/mol. The molecule has 0 aliphatic carbocycles. The Labute approximate surface area is 185 Å². The summed E-state index contributed by atoms with van der Waals surface area (Å²) in [5.74, 6) is 0.960. The highest BCUT2D eigenvalue weighted by Gasteiger charge is 2.28. The van der Waals surface area contributed by atoms with E-state index in [9.17, 15) is 9.59 Å². The van der Waals surface area contributed by atoms with Crippen molar-refractivity contribution in [2.24, 2.45) is 0 Å². The zero-order valence-electron chi connectivity index (χ0n) is 18.2. The van der Waals surface area contributed by atoms with Gasteiger partial charge in [-0.05, 0) is 61.7 Å². The molecule has 2 heterocycles. The third-order valence-corrected chi connectivity index (χ3v) is 5.30. The van der Waals surface area contributed by atoms with Crippen molar-refractivity contribution < 1.29 is 19.1 Å². The number of aryl methyl sites for hydroxylation is 2. The number of hydrogen-bond acceptors (Lipinski definition) is 6. The number of benzene rings is 2. The summed E-state index contributed by atoms with van der Waals surface area (Å²) in [7, 11) is 0. The maximum Gasteiger partial charge on any atom is 0.262 e.